The third kappa shape index (κ3) is 3.01. The second kappa shape index (κ2) is 7.16. The lowest BCUT2D eigenvalue weighted by Gasteiger charge is -2.50. The van der Waals surface area contributed by atoms with Gasteiger partial charge in [-0.1, -0.05) is 48.0 Å². The lowest BCUT2D eigenvalue weighted by Crippen LogP contribution is -2.44. The summed E-state index contributed by atoms with van der Waals surface area (Å²) in [6, 6.07) is 2.31. The topological polar surface area (TPSA) is 53.6 Å². The zero-order chi connectivity index (χ0) is 21.1. The van der Waals surface area contributed by atoms with Gasteiger partial charge in [-0.25, -0.2) is 0 Å². The van der Waals surface area contributed by atoms with Crippen molar-refractivity contribution in [2.24, 2.45) is 11.3 Å². The fourth-order valence-corrected chi connectivity index (χ4v) is 6.99. The van der Waals surface area contributed by atoms with Crippen molar-refractivity contribution >= 4 is 23.6 Å². The van der Waals surface area contributed by atoms with Crippen molar-refractivity contribution < 1.29 is 14.5 Å². The van der Waals surface area contributed by atoms with E-state index < -0.39 is 7.12 Å². The Kier molecular flexibility index (Phi) is 5.19. The van der Waals surface area contributed by atoms with Gasteiger partial charge in [0.05, 0.1) is 0 Å². The fourth-order valence-electron chi connectivity index (χ4n) is 6.99. The molecule has 2 aliphatic carbocycles. The third-order valence-corrected chi connectivity index (χ3v) is 8.38. The molecule has 0 spiro atoms. The summed E-state index contributed by atoms with van der Waals surface area (Å²) in [5.74, 6) is 2.07. The van der Waals surface area contributed by atoms with Crippen molar-refractivity contribution in [2.45, 2.75) is 97.8 Å². The molecule has 1 aromatic heterocycles. The average molecular weight is 396 g/mol. The molecule has 0 saturated heterocycles. The van der Waals surface area contributed by atoms with Crippen LogP contribution >= 0.6 is 0 Å². The van der Waals surface area contributed by atoms with Crippen LogP contribution in [0.25, 0.3) is 11.0 Å². The van der Waals surface area contributed by atoms with E-state index >= 15 is 0 Å². The Balaban J connectivity index is 2.09. The summed E-state index contributed by atoms with van der Waals surface area (Å²) in [5.41, 5.74) is 5.33. The van der Waals surface area contributed by atoms with Crippen LogP contribution in [0.2, 0.25) is 0 Å². The largest absolute Gasteiger partial charge is 0.492 e. The van der Waals surface area contributed by atoms with Gasteiger partial charge in [-0.2, -0.15) is 0 Å². The van der Waals surface area contributed by atoms with Crippen molar-refractivity contribution in [3.05, 3.63) is 28.5 Å². The minimum atomic E-state index is -1.50. The minimum Gasteiger partial charge on any atom is -0.461 e. The van der Waals surface area contributed by atoms with E-state index in [1.165, 1.54) is 36.8 Å². The van der Waals surface area contributed by atoms with Gasteiger partial charge < -0.3 is 14.5 Å². The summed E-state index contributed by atoms with van der Waals surface area (Å²) in [6.07, 6.45) is 7.74. The standard InChI is InChI=1S/C25H37BO3/c1-7-16-14-18-20-22(29-23(18)21(26(27)28)17(16)8-2)15(3)10-11-19-24(4,5)12-9-13-25(19,20)6/h14-15,19,27-28H,7-13H2,1-6H3. The Morgan fingerprint density at radius 3 is 2.45 bits per heavy atom. The lowest BCUT2D eigenvalue weighted by atomic mass is 9.53. The van der Waals surface area contributed by atoms with Crippen LogP contribution in [0.15, 0.2) is 10.5 Å². The first-order valence-electron chi connectivity index (χ1n) is 11.6. The predicted octanol–water partition coefficient (Wildman–Crippen LogP) is 5.22. The Hall–Kier alpha value is -1.26. The maximum Gasteiger partial charge on any atom is 0.492 e. The van der Waals surface area contributed by atoms with E-state index in [2.05, 4.69) is 47.6 Å². The van der Waals surface area contributed by atoms with E-state index in [1.807, 2.05) is 0 Å². The first-order chi connectivity index (χ1) is 13.7. The van der Waals surface area contributed by atoms with Gasteiger partial charge in [-0.3, -0.25) is 0 Å². The van der Waals surface area contributed by atoms with Gasteiger partial charge >= 0.3 is 7.12 Å². The number of hydrogen-bond donors (Lipinski definition) is 2. The van der Waals surface area contributed by atoms with Crippen LogP contribution in [0.3, 0.4) is 0 Å². The van der Waals surface area contributed by atoms with Gasteiger partial charge in [0.2, 0.25) is 0 Å². The summed E-state index contributed by atoms with van der Waals surface area (Å²) < 4.78 is 6.58. The molecular weight excluding hydrogens is 359 g/mol. The molecule has 29 heavy (non-hydrogen) atoms. The molecule has 1 aromatic carbocycles. The molecule has 158 valence electrons. The molecule has 0 radical (unpaired) electrons. The summed E-state index contributed by atoms with van der Waals surface area (Å²) in [7, 11) is -1.50. The smallest absolute Gasteiger partial charge is 0.461 e. The Morgan fingerprint density at radius 2 is 1.83 bits per heavy atom. The first kappa shape index (κ1) is 21.0. The highest BCUT2D eigenvalue weighted by Crippen LogP contribution is 2.59. The van der Waals surface area contributed by atoms with E-state index in [9.17, 15) is 10.0 Å². The van der Waals surface area contributed by atoms with Gasteiger partial charge in [-0.15, -0.1) is 0 Å². The van der Waals surface area contributed by atoms with E-state index in [0.29, 0.717) is 22.7 Å². The highest BCUT2D eigenvalue weighted by Gasteiger charge is 2.51. The van der Waals surface area contributed by atoms with Crippen LogP contribution in [0.5, 0.6) is 0 Å². The molecular formula is C25H37BO3. The SMILES string of the molecule is CCc1cc2c3c(oc2c(B(O)O)c1CC)C(C)CCC1C(C)(C)CCCC31C. The Labute approximate surface area is 176 Å². The van der Waals surface area contributed by atoms with Crippen molar-refractivity contribution in [1.29, 1.82) is 0 Å². The van der Waals surface area contributed by atoms with E-state index in [-0.39, 0.29) is 5.41 Å². The van der Waals surface area contributed by atoms with Crippen LogP contribution in [0.4, 0.5) is 0 Å². The molecule has 4 rings (SSSR count). The highest BCUT2D eigenvalue weighted by atomic mass is 16.4. The fraction of sp³-hybridized carbons (Fsp3) is 0.680. The minimum absolute atomic E-state index is 0.0729. The van der Waals surface area contributed by atoms with Crippen molar-refractivity contribution in [1.82, 2.24) is 0 Å². The average Bonchev–Trinajstić information content (AvgIpc) is 2.99. The van der Waals surface area contributed by atoms with Crippen LogP contribution in [-0.2, 0) is 18.3 Å². The van der Waals surface area contributed by atoms with Crippen LogP contribution in [0, 0.1) is 11.3 Å². The van der Waals surface area contributed by atoms with Gasteiger partial charge in [0.1, 0.15) is 11.3 Å². The Bertz CT molecular complexity index is 926. The van der Waals surface area contributed by atoms with Crippen LogP contribution in [0.1, 0.15) is 102 Å². The van der Waals surface area contributed by atoms with Crippen LogP contribution < -0.4 is 5.46 Å². The molecule has 3 unspecified atom stereocenters. The molecule has 1 fully saturated rings. The summed E-state index contributed by atoms with van der Waals surface area (Å²) >= 11 is 0. The summed E-state index contributed by atoms with van der Waals surface area (Å²) in [5, 5.41) is 21.8. The number of benzene rings is 1. The molecule has 1 saturated carbocycles. The zero-order valence-corrected chi connectivity index (χ0v) is 19.1. The van der Waals surface area contributed by atoms with Crippen molar-refractivity contribution in [3.8, 4) is 0 Å². The second-order valence-corrected chi connectivity index (χ2v) is 10.5. The molecule has 0 amide bonds. The molecule has 0 bridgehead atoms. The molecule has 0 aliphatic heterocycles. The maximum absolute atomic E-state index is 10.3. The lowest BCUT2D eigenvalue weighted by molar-refractivity contribution is 0.0504. The van der Waals surface area contributed by atoms with E-state index in [4.69, 9.17) is 4.42 Å². The summed E-state index contributed by atoms with van der Waals surface area (Å²) in [6.45, 7) is 13.9. The molecule has 2 aromatic rings. The van der Waals surface area contributed by atoms with Crippen molar-refractivity contribution in [2.75, 3.05) is 0 Å². The number of rotatable bonds is 3. The number of furan rings is 1. The monoisotopic (exact) mass is 396 g/mol. The molecule has 1 heterocycles. The quantitative estimate of drug-likeness (QED) is 0.700. The Morgan fingerprint density at radius 1 is 1.10 bits per heavy atom. The molecule has 4 heteroatoms. The predicted molar refractivity (Wildman–Crippen MR) is 121 cm³/mol. The number of fused-ring (bicyclic) bond motifs is 5. The van der Waals surface area contributed by atoms with Gasteiger partial charge in [0, 0.05) is 22.3 Å². The summed E-state index contributed by atoms with van der Waals surface area (Å²) in [4.78, 5) is 0. The van der Waals surface area contributed by atoms with Gasteiger partial charge in [0.15, 0.2) is 0 Å². The van der Waals surface area contributed by atoms with Crippen LogP contribution in [-0.4, -0.2) is 17.2 Å². The number of aryl methyl sites for hydroxylation is 1. The first-order valence-corrected chi connectivity index (χ1v) is 11.6. The van der Waals surface area contributed by atoms with E-state index in [1.54, 1.807) is 0 Å². The highest BCUT2D eigenvalue weighted by molar-refractivity contribution is 6.62. The van der Waals surface area contributed by atoms with Crippen molar-refractivity contribution in [3.63, 3.8) is 0 Å². The molecule has 3 atom stereocenters. The second-order valence-electron chi connectivity index (χ2n) is 10.5. The number of hydrogen-bond acceptors (Lipinski definition) is 3. The van der Waals surface area contributed by atoms with Gasteiger partial charge in [0.25, 0.3) is 0 Å². The van der Waals surface area contributed by atoms with Gasteiger partial charge in [-0.05, 0) is 72.5 Å². The maximum atomic E-state index is 10.3. The normalized spacial score (nSPS) is 28.7. The molecule has 2 N–H and O–H groups in total. The third-order valence-electron chi connectivity index (χ3n) is 8.38. The molecule has 3 nitrogen and oxygen atoms in total. The zero-order valence-electron chi connectivity index (χ0n) is 19.1. The molecule has 2 aliphatic rings. The van der Waals surface area contributed by atoms with E-state index in [0.717, 1.165) is 41.6 Å².